The third kappa shape index (κ3) is 7.06. The maximum absolute atomic E-state index is 14.9. The lowest BCUT2D eigenvalue weighted by Gasteiger charge is -2.18. The van der Waals surface area contributed by atoms with E-state index in [2.05, 4.69) is 130 Å². The summed E-state index contributed by atoms with van der Waals surface area (Å²) in [5, 5.41) is 4.13. The average molecular weight is 872 g/mol. The summed E-state index contributed by atoms with van der Waals surface area (Å²) in [5.74, 6) is 0.583. The van der Waals surface area contributed by atoms with E-state index in [9.17, 15) is 13.2 Å². The van der Waals surface area contributed by atoms with Gasteiger partial charge in [0.15, 0.2) is 0 Å². The molecule has 3 heterocycles. The fourth-order valence-electron chi connectivity index (χ4n) is 9.86. The third-order valence-corrected chi connectivity index (χ3v) is 13.0. The summed E-state index contributed by atoms with van der Waals surface area (Å²) in [6, 6.07) is 73.3. The molecule has 0 bridgehead atoms. The zero-order valence-electron chi connectivity index (χ0n) is 36.3. The van der Waals surface area contributed by atoms with Gasteiger partial charge in [0.05, 0.1) is 39.5 Å². The van der Waals surface area contributed by atoms with E-state index in [1.165, 1.54) is 12.1 Å². The summed E-state index contributed by atoms with van der Waals surface area (Å²) in [7, 11) is 0. The van der Waals surface area contributed by atoms with Crippen molar-refractivity contribution in [2.75, 3.05) is 0 Å². The van der Waals surface area contributed by atoms with Crippen LogP contribution in [0.4, 0.5) is 13.2 Å². The van der Waals surface area contributed by atoms with Crippen LogP contribution in [-0.2, 0) is 6.18 Å². The number of pyridine rings is 1. The molecule has 0 saturated carbocycles. The van der Waals surface area contributed by atoms with Crippen LogP contribution in [-0.4, -0.2) is 14.1 Å². The summed E-state index contributed by atoms with van der Waals surface area (Å²) < 4.78 is 48.9. The minimum atomic E-state index is -4.56. The Morgan fingerprint density at radius 3 is 1.10 bits per heavy atom. The van der Waals surface area contributed by atoms with Gasteiger partial charge < -0.3 is 4.57 Å². The van der Waals surface area contributed by atoms with Crippen LogP contribution < -0.4 is 0 Å². The van der Waals surface area contributed by atoms with Gasteiger partial charge in [0, 0.05) is 27.1 Å². The van der Waals surface area contributed by atoms with E-state index >= 15 is 0 Å². The van der Waals surface area contributed by atoms with Gasteiger partial charge in [-0.2, -0.15) is 13.2 Å². The predicted octanol–water partition coefficient (Wildman–Crippen LogP) is 16.9. The first-order valence-electron chi connectivity index (χ1n) is 22.3. The molecular weight excluding hydrogens is 832 g/mol. The quantitative estimate of drug-likeness (QED) is 0.156. The van der Waals surface area contributed by atoms with Crippen molar-refractivity contribution in [3.8, 4) is 67.1 Å². The van der Waals surface area contributed by atoms with Gasteiger partial charge >= 0.3 is 6.18 Å². The van der Waals surface area contributed by atoms with E-state index < -0.39 is 11.7 Å². The van der Waals surface area contributed by atoms with Crippen LogP contribution in [0.15, 0.2) is 225 Å². The molecule has 67 heavy (non-hydrogen) atoms. The van der Waals surface area contributed by atoms with Gasteiger partial charge in [-0.1, -0.05) is 176 Å². The molecule has 3 aromatic heterocycles. The Morgan fingerprint density at radius 1 is 0.358 bits per heavy atom. The lowest BCUT2D eigenvalue weighted by molar-refractivity contribution is -0.137. The highest BCUT2D eigenvalue weighted by atomic mass is 19.4. The molecule has 0 atom stereocenters. The number of hydrogen-bond donors (Lipinski definition) is 0. The van der Waals surface area contributed by atoms with Crippen molar-refractivity contribution in [1.29, 1.82) is 0 Å². The number of hydrogen-bond acceptors (Lipinski definition) is 1. The number of fused-ring (bicyclic) bond motifs is 6. The molecule has 0 saturated heterocycles. The van der Waals surface area contributed by atoms with Crippen molar-refractivity contribution in [2.45, 2.75) is 13.1 Å². The molecule has 12 aromatic rings. The highest BCUT2D eigenvalue weighted by Crippen LogP contribution is 2.43. The minimum absolute atomic E-state index is 0.440. The van der Waals surface area contributed by atoms with E-state index in [0.717, 1.165) is 88.1 Å². The second-order valence-corrected chi connectivity index (χ2v) is 17.2. The summed E-state index contributed by atoms with van der Waals surface area (Å²) >= 11 is 0. The van der Waals surface area contributed by atoms with Crippen LogP contribution in [0.5, 0.6) is 0 Å². The van der Waals surface area contributed by atoms with Gasteiger partial charge in [-0.05, 0) is 105 Å². The number of benzene rings is 9. The van der Waals surface area contributed by atoms with Crippen molar-refractivity contribution in [3.05, 3.63) is 236 Å². The number of rotatable bonds is 7. The van der Waals surface area contributed by atoms with Gasteiger partial charge in [0.1, 0.15) is 5.82 Å². The summed E-state index contributed by atoms with van der Waals surface area (Å²) in [6.07, 6.45) is -2.71. The number of aromatic nitrogens is 3. The van der Waals surface area contributed by atoms with Gasteiger partial charge in [0.2, 0.25) is 0 Å². The van der Waals surface area contributed by atoms with E-state index in [1.807, 2.05) is 91.1 Å². The highest BCUT2D eigenvalue weighted by Gasteiger charge is 2.32. The first-order chi connectivity index (χ1) is 32.7. The maximum Gasteiger partial charge on any atom is 0.416 e. The zero-order valence-corrected chi connectivity index (χ0v) is 36.3. The zero-order chi connectivity index (χ0) is 45.2. The fourth-order valence-corrected chi connectivity index (χ4v) is 9.86. The first kappa shape index (κ1) is 40.1. The Hall–Kier alpha value is -8.48. The van der Waals surface area contributed by atoms with Crippen LogP contribution in [0.2, 0.25) is 0 Å². The smallest absolute Gasteiger partial charge is 0.307 e. The van der Waals surface area contributed by atoms with Crippen LogP contribution in [0.1, 0.15) is 11.1 Å². The Bertz CT molecular complexity index is 3640. The van der Waals surface area contributed by atoms with E-state index in [4.69, 9.17) is 4.98 Å². The molecule has 12 rings (SSSR count). The molecule has 0 spiro atoms. The van der Waals surface area contributed by atoms with Crippen molar-refractivity contribution in [3.63, 3.8) is 0 Å². The van der Waals surface area contributed by atoms with Crippen LogP contribution in [0.25, 0.3) is 111 Å². The maximum atomic E-state index is 14.9. The van der Waals surface area contributed by atoms with Gasteiger partial charge in [-0.15, -0.1) is 0 Å². The topological polar surface area (TPSA) is 22.8 Å². The van der Waals surface area contributed by atoms with Crippen LogP contribution >= 0.6 is 0 Å². The molecule has 0 aliphatic carbocycles. The molecular formula is C61H40F3N3. The average Bonchev–Trinajstić information content (AvgIpc) is 3.88. The second kappa shape index (κ2) is 15.9. The first-order valence-corrected chi connectivity index (χ1v) is 22.3. The monoisotopic (exact) mass is 871 g/mol. The second-order valence-electron chi connectivity index (χ2n) is 17.2. The minimum Gasteiger partial charge on any atom is -0.307 e. The van der Waals surface area contributed by atoms with Gasteiger partial charge in [-0.25, -0.2) is 4.98 Å². The van der Waals surface area contributed by atoms with Crippen LogP contribution in [0.3, 0.4) is 0 Å². The van der Waals surface area contributed by atoms with Crippen LogP contribution in [0, 0.1) is 6.92 Å². The molecule has 9 aromatic carbocycles. The molecule has 0 aliphatic rings. The van der Waals surface area contributed by atoms with E-state index in [0.29, 0.717) is 28.2 Å². The molecule has 0 unspecified atom stereocenters. The number of halogens is 3. The van der Waals surface area contributed by atoms with Gasteiger partial charge in [-0.3, -0.25) is 4.57 Å². The van der Waals surface area contributed by atoms with E-state index in [1.54, 1.807) is 6.92 Å². The number of nitrogens with zero attached hydrogens (tertiary/aromatic N) is 3. The Labute approximate surface area is 385 Å². The number of aryl methyl sites for hydroxylation is 1. The standard InChI is InChI=1S/C61H40F3N3/c1-39-30-48(32-49(31-39)61(62,63)64)54-37-60(67-57-35-46(42-18-10-4-11-19-42)24-28-52(57)53-29-25-47(36-58(53)67)43-20-12-5-13-21-43)65-38-59(54)66-55-33-44(40-14-6-2-7-15-40)22-26-50(55)51-27-23-45(34-56(51)66)41-16-8-3-9-17-41/h2-38H,1H3. The Kier molecular flexibility index (Phi) is 9.50. The molecule has 0 N–H and O–H groups in total. The number of alkyl halides is 3. The molecule has 0 fully saturated rings. The molecule has 0 aliphatic heterocycles. The van der Waals surface area contributed by atoms with Crippen molar-refractivity contribution >= 4 is 43.6 Å². The SMILES string of the molecule is Cc1cc(-c2cc(-n3c4cc(-c5ccccc5)ccc4c4ccc(-c5ccccc5)cc43)ncc2-n2c3cc(-c4ccccc4)ccc3c3ccc(-c4ccccc4)cc32)cc(C(F)(F)F)c1. The lowest BCUT2D eigenvalue weighted by Crippen LogP contribution is -2.07. The summed E-state index contributed by atoms with van der Waals surface area (Å²) in [6.45, 7) is 1.72. The molecule has 0 radical (unpaired) electrons. The van der Waals surface area contributed by atoms with Gasteiger partial charge in [0.25, 0.3) is 0 Å². The predicted molar refractivity (Wildman–Crippen MR) is 270 cm³/mol. The Balaban J connectivity index is 1.19. The van der Waals surface area contributed by atoms with Crippen molar-refractivity contribution in [1.82, 2.24) is 14.1 Å². The lowest BCUT2D eigenvalue weighted by atomic mass is 9.99. The summed E-state index contributed by atoms with van der Waals surface area (Å²) in [5.41, 5.74) is 13.6. The molecule has 3 nitrogen and oxygen atoms in total. The van der Waals surface area contributed by atoms with Crippen molar-refractivity contribution in [2.24, 2.45) is 0 Å². The largest absolute Gasteiger partial charge is 0.416 e. The highest BCUT2D eigenvalue weighted by molar-refractivity contribution is 6.13. The molecule has 0 amide bonds. The fraction of sp³-hybridized carbons (Fsp3) is 0.0328. The third-order valence-electron chi connectivity index (χ3n) is 13.0. The molecule has 320 valence electrons. The molecule has 6 heteroatoms. The van der Waals surface area contributed by atoms with Crippen molar-refractivity contribution < 1.29 is 13.2 Å². The Morgan fingerprint density at radius 2 is 0.731 bits per heavy atom. The normalized spacial score (nSPS) is 11.9. The summed E-state index contributed by atoms with van der Waals surface area (Å²) in [4.78, 5) is 5.36. The van der Waals surface area contributed by atoms with E-state index in [-0.39, 0.29) is 0 Å².